The molecule has 0 fully saturated rings. The van der Waals surface area contributed by atoms with Crippen LogP contribution in [0.2, 0.25) is 0 Å². The second-order valence-corrected chi connectivity index (χ2v) is 10.2. The van der Waals surface area contributed by atoms with E-state index in [4.69, 9.17) is 4.74 Å². The molecule has 0 bridgehead atoms. The van der Waals surface area contributed by atoms with E-state index in [1.165, 1.54) is 6.21 Å². The third kappa shape index (κ3) is 5.65. The zero-order chi connectivity index (χ0) is 25.8. The first-order valence-corrected chi connectivity index (χ1v) is 13.1. The molecule has 0 unspecified atom stereocenters. The molecule has 1 heterocycles. The lowest BCUT2D eigenvalue weighted by molar-refractivity contribution is 0.0734. The number of aromatic amines is 1. The maximum absolute atomic E-state index is 13.2. The molecule has 0 aliphatic carbocycles. The molecule has 4 aromatic carbocycles. The van der Waals surface area contributed by atoms with Crippen molar-refractivity contribution in [2.24, 2.45) is 5.10 Å². The number of halogens is 2. The summed E-state index contributed by atoms with van der Waals surface area (Å²) in [5.41, 5.74) is 6.56. The highest BCUT2D eigenvalue weighted by Crippen LogP contribution is 2.33. The fraction of sp³-hybridized carbons (Fsp3) is 0. The van der Waals surface area contributed by atoms with Gasteiger partial charge < -0.3 is 9.72 Å². The molecule has 1 amide bonds. The zero-order valence-electron chi connectivity index (χ0n) is 19.2. The molecule has 182 valence electrons. The standard InChI is InChI=1S/C29H19BrIN3O3/c30-21-11-14-25(37-29(36)19-9-5-2-6-10-19)20(15-21)17-32-34-28(35)27-26(18-7-3-1-4-8-18)23-16-22(31)12-13-24(23)33-27/h1-17,33H,(H,34,35). The van der Waals surface area contributed by atoms with Gasteiger partial charge >= 0.3 is 5.97 Å². The van der Waals surface area contributed by atoms with Crippen molar-refractivity contribution in [1.82, 2.24) is 10.4 Å². The Balaban J connectivity index is 1.42. The van der Waals surface area contributed by atoms with Gasteiger partial charge in [-0.2, -0.15) is 5.10 Å². The number of benzene rings is 4. The highest BCUT2D eigenvalue weighted by atomic mass is 127. The van der Waals surface area contributed by atoms with Crippen molar-refractivity contribution in [1.29, 1.82) is 0 Å². The van der Waals surface area contributed by atoms with Crippen molar-refractivity contribution >= 4 is 67.5 Å². The minimum absolute atomic E-state index is 0.320. The number of rotatable bonds is 6. The number of hydrogen-bond acceptors (Lipinski definition) is 4. The predicted octanol–water partition coefficient (Wildman–Crippen LogP) is 7.19. The molecule has 0 saturated carbocycles. The number of ether oxygens (including phenoxy) is 1. The highest BCUT2D eigenvalue weighted by molar-refractivity contribution is 14.1. The van der Waals surface area contributed by atoms with Crippen LogP contribution in [-0.2, 0) is 0 Å². The van der Waals surface area contributed by atoms with E-state index in [9.17, 15) is 9.59 Å². The largest absolute Gasteiger partial charge is 0.422 e. The van der Waals surface area contributed by atoms with Gasteiger partial charge in [-0.05, 0) is 76.7 Å². The van der Waals surface area contributed by atoms with E-state index in [0.29, 0.717) is 22.6 Å². The molecular weight excluding hydrogens is 645 g/mol. The molecular formula is C29H19BrIN3O3. The molecule has 1 aromatic heterocycles. The number of carbonyl (C=O) groups is 2. The predicted molar refractivity (Wildman–Crippen MR) is 157 cm³/mol. The molecule has 6 nitrogen and oxygen atoms in total. The van der Waals surface area contributed by atoms with Crippen LogP contribution in [0.3, 0.4) is 0 Å². The number of carbonyl (C=O) groups excluding carboxylic acids is 2. The smallest absolute Gasteiger partial charge is 0.343 e. The van der Waals surface area contributed by atoms with Crippen molar-refractivity contribution in [3.63, 3.8) is 0 Å². The quantitative estimate of drug-likeness (QED) is 0.0664. The number of nitrogens with zero attached hydrogens (tertiary/aromatic N) is 1. The summed E-state index contributed by atoms with van der Waals surface area (Å²) in [7, 11) is 0. The first kappa shape index (κ1) is 24.9. The molecule has 0 saturated heterocycles. The van der Waals surface area contributed by atoms with Gasteiger partial charge in [-0.3, -0.25) is 4.79 Å². The molecule has 5 rings (SSSR count). The van der Waals surface area contributed by atoms with E-state index in [-0.39, 0.29) is 5.91 Å². The Kier molecular flexibility index (Phi) is 7.47. The first-order valence-electron chi connectivity index (χ1n) is 11.3. The van der Waals surface area contributed by atoms with Gasteiger partial charge in [-0.1, -0.05) is 64.5 Å². The van der Waals surface area contributed by atoms with Crippen LogP contribution in [0.1, 0.15) is 26.4 Å². The van der Waals surface area contributed by atoms with Crippen molar-refractivity contribution in [3.8, 4) is 16.9 Å². The number of aromatic nitrogens is 1. The average molecular weight is 664 g/mol. The molecule has 0 spiro atoms. The van der Waals surface area contributed by atoms with E-state index < -0.39 is 5.97 Å². The summed E-state index contributed by atoms with van der Waals surface area (Å²) in [5.74, 6) is -0.554. The van der Waals surface area contributed by atoms with Gasteiger partial charge in [0.05, 0.1) is 11.8 Å². The lowest BCUT2D eigenvalue weighted by Crippen LogP contribution is -2.19. The minimum atomic E-state index is -0.484. The van der Waals surface area contributed by atoms with Crippen LogP contribution in [-0.4, -0.2) is 23.1 Å². The van der Waals surface area contributed by atoms with Gasteiger partial charge in [0.25, 0.3) is 5.91 Å². The lowest BCUT2D eigenvalue weighted by Gasteiger charge is -2.08. The minimum Gasteiger partial charge on any atom is -0.422 e. The second-order valence-electron chi connectivity index (χ2n) is 8.07. The average Bonchev–Trinajstić information content (AvgIpc) is 3.30. The van der Waals surface area contributed by atoms with E-state index in [0.717, 1.165) is 30.1 Å². The highest BCUT2D eigenvalue weighted by Gasteiger charge is 2.19. The van der Waals surface area contributed by atoms with Crippen LogP contribution in [0.15, 0.2) is 107 Å². The molecule has 2 N–H and O–H groups in total. The Hall–Kier alpha value is -3.76. The van der Waals surface area contributed by atoms with Crippen molar-refractivity contribution < 1.29 is 14.3 Å². The van der Waals surface area contributed by atoms with Crippen LogP contribution in [0, 0.1) is 3.57 Å². The number of fused-ring (bicyclic) bond motifs is 1. The summed E-state index contributed by atoms with van der Waals surface area (Å²) in [6, 6.07) is 29.7. The van der Waals surface area contributed by atoms with Crippen molar-refractivity contribution in [3.05, 3.63) is 122 Å². The molecule has 0 atom stereocenters. The Morgan fingerprint density at radius 2 is 1.65 bits per heavy atom. The summed E-state index contributed by atoms with van der Waals surface area (Å²) in [4.78, 5) is 29.0. The fourth-order valence-electron chi connectivity index (χ4n) is 3.90. The summed E-state index contributed by atoms with van der Waals surface area (Å²) in [6.45, 7) is 0. The van der Waals surface area contributed by atoms with E-state index in [1.807, 2.05) is 54.6 Å². The molecule has 8 heteroatoms. The van der Waals surface area contributed by atoms with Gasteiger partial charge in [0, 0.05) is 30.1 Å². The van der Waals surface area contributed by atoms with Crippen LogP contribution in [0.4, 0.5) is 0 Å². The molecule has 5 aromatic rings. The Morgan fingerprint density at radius 1 is 0.919 bits per heavy atom. The third-order valence-electron chi connectivity index (χ3n) is 5.60. The number of amides is 1. The van der Waals surface area contributed by atoms with E-state index >= 15 is 0 Å². The summed E-state index contributed by atoms with van der Waals surface area (Å²) < 4.78 is 7.43. The maximum atomic E-state index is 13.2. The topological polar surface area (TPSA) is 83.5 Å². The normalized spacial score (nSPS) is 11.1. The molecule has 0 aliphatic heterocycles. The van der Waals surface area contributed by atoms with Crippen LogP contribution >= 0.6 is 38.5 Å². The zero-order valence-corrected chi connectivity index (χ0v) is 23.0. The maximum Gasteiger partial charge on any atom is 0.343 e. The Bertz CT molecular complexity index is 1630. The van der Waals surface area contributed by atoms with Gasteiger partial charge in [0.2, 0.25) is 0 Å². The SMILES string of the molecule is O=C(Oc1ccc(Br)cc1C=NNC(=O)c1[nH]c2ccc(I)cc2c1-c1ccccc1)c1ccccc1. The number of hydrogen-bond donors (Lipinski definition) is 2. The Labute approximate surface area is 235 Å². The Morgan fingerprint density at radius 3 is 2.41 bits per heavy atom. The number of esters is 1. The van der Waals surface area contributed by atoms with Crippen LogP contribution in [0.25, 0.3) is 22.0 Å². The summed E-state index contributed by atoms with van der Waals surface area (Å²) in [5, 5.41) is 5.12. The molecule has 0 radical (unpaired) electrons. The first-order chi connectivity index (χ1) is 18.0. The van der Waals surface area contributed by atoms with E-state index in [2.05, 4.69) is 54.0 Å². The number of hydrazone groups is 1. The number of H-pyrrole nitrogens is 1. The van der Waals surface area contributed by atoms with Crippen LogP contribution in [0.5, 0.6) is 5.75 Å². The monoisotopic (exact) mass is 663 g/mol. The second kappa shape index (κ2) is 11.1. The third-order valence-corrected chi connectivity index (χ3v) is 6.77. The van der Waals surface area contributed by atoms with Gasteiger partial charge in [-0.15, -0.1) is 0 Å². The van der Waals surface area contributed by atoms with Gasteiger partial charge in [-0.25, -0.2) is 10.2 Å². The van der Waals surface area contributed by atoms with Crippen molar-refractivity contribution in [2.45, 2.75) is 0 Å². The summed E-state index contributed by atoms with van der Waals surface area (Å²) >= 11 is 5.69. The van der Waals surface area contributed by atoms with E-state index in [1.54, 1.807) is 42.5 Å². The van der Waals surface area contributed by atoms with Crippen LogP contribution < -0.4 is 10.2 Å². The lowest BCUT2D eigenvalue weighted by atomic mass is 10.0. The fourth-order valence-corrected chi connectivity index (χ4v) is 4.77. The molecule has 37 heavy (non-hydrogen) atoms. The number of nitrogens with one attached hydrogen (secondary N) is 2. The molecule has 0 aliphatic rings. The van der Waals surface area contributed by atoms with Gasteiger partial charge in [0.1, 0.15) is 11.4 Å². The van der Waals surface area contributed by atoms with Gasteiger partial charge in [0.15, 0.2) is 0 Å². The summed E-state index contributed by atoms with van der Waals surface area (Å²) in [6.07, 6.45) is 1.45. The van der Waals surface area contributed by atoms with Crippen molar-refractivity contribution in [2.75, 3.05) is 0 Å².